The number of hydrogen-bond donors (Lipinski definition) is 3. The van der Waals surface area contributed by atoms with Gasteiger partial charge in [-0.05, 0) is 19.4 Å². The highest BCUT2D eigenvalue weighted by molar-refractivity contribution is 5.85. The maximum absolute atomic E-state index is 9.15. The molecule has 3 N–H and O–H groups in total. The molecule has 0 saturated carbocycles. The number of nitrogens with one attached hydrogen (secondary N) is 1. The van der Waals surface area contributed by atoms with Crippen molar-refractivity contribution < 1.29 is 10.2 Å². The quantitative estimate of drug-likeness (QED) is 0.494. The molecule has 1 aliphatic rings. The minimum absolute atomic E-state index is 0. The van der Waals surface area contributed by atoms with Gasteiger partial charge in [0.25, 0.3) is 0 Å². The van der Waals surface area contributed by atoms with E-state index in [-0.39, 0.29) is 31.2 Å². The molecule has 3 nitrogen and oxygen atoms in total. The predicted molar refractivity (Wildman–Crippen MR) is 41.4 cm³/mol. The predicted octanol–water partition coefficient (Wildman–Crippen LogP) is -0.487. The van der Waals surface area contributed by atoms with Crippen molar-refractivity contribution in [3.05, 3.63) is 0 Å². The van der Waals surface area contributed by atoms with Crippen LogP contribution in [-0.4, -0.2) is 35.5 Å². The van der Waals surface area contributed by atoms with Gasteiger partial charge in [-0.15, -0.1) is 12.4 Å². The lowest BCUT2D eigenvalue weighted by Gasteiger charge is -2.26. The maximum atomic E-state index is 9.15. The van der Waals surface area contributed by atoms with E-state index in [2.05, 4.69) is 5.32 Å². The summed E-state index contributed by atoms with van der Waals surface area (Å²) in [6.45, 7) is 0.962. The van der Waals surface area contributed by atoms with E-state index in [1.807, 2.05) is 0 Å². The van der Waals surface area contributed by atoms with Gasteiger partial charge < -0.3 is 15.5 Å². The molecule has 1 fully saturated rings. The molecule has 62 valence electrons. The number of halogens is 1. The Morgan fingerprint density at radius 3 is 2.60 bits per heavy atom. The summed E-state index contributed by atoms with van der Waals surface area (Å²) < 4.78 is 0. The number of hydrogen-bond acceptors (Lipinski definition) is 3. The van der Waals surface area contributed by atoms with Gasteiger partial charge >= 0.3 is 0 Å². The third-order valence-electron chi connectivity index (χ3n) is 1.74. The van der Waals surface area contributed by atoms with E-state index in [0.29, 0.717) is 0 Å². The first-order valence-electron chi connectivity index (χ1n) is 3.37. The zero-order valence-corrected chi connectivity index (χ0v) is 6.60. The zero-order valence-electron chi connectivity index (χ0n) is 5.79. The molecule has 1 heterocycles. The molecule has 0 aromatic heterocycles. The fourth-order valence-electron chi connectivity index (χ4n) is 1.12. The van der Waals surface area contributed by atoms with Gasteiger partial charge in [0.1, 0.15) is 0 Å². The van der Waals surface area contributed by atoms with E-state index in [1.54, 1.807) is 0 Å². The average Bonchev–Trinajstić information content (AvgIpc) is 1.89. The minimum atomic E-state index is -0.344. The third-order valence-corrected chi connectivity index (χ3v) is 1.74. The summed E-state index contributed by atoms with van der Waals surface area (Å²) in [5.74, 6) is 0. The van der Waals surface area contributed by atoms with E-state index in [4.69, 9.17) is 10.2 Å². The van der Waals surface area contributed by atoms with E-state index >= 15 is 0 Å². The maximum Gasteiger partial charge on any atom is 0.0716 e. The molecule has 1 aliphatic heterocycles. The lowest BCUT2D eigenvalue weighted by Crippen LogP contribution is -2.46. The molecular formula is C6H14ClNO2. The van der Waals surface area contributed by atoms with Crippen LogP contribution in [0.3, 0.4) is 0 Å². The number of piperidine rings is 1. The molecule has 4 heteroatoms. The molecule has 0 aromatic carbocycles. The summed E-state index contributed by atoms with van der Waals surface area (Å²) in [7, 11) is 0. The van der Waals surface area contributed by atoms with Crippen LogP contribution in [0.1, 0.15) is 12.8 Å². The summed E-state index contributed by atoms with van der Waals surface area (Å²) in [6.07, 6.45) is 1.49. The summed E-state index contributed by atoms with van der Waals surface area (Å²) in [5, 5.41) is 20.8. The fourth-order valence-corrected chi connectivity index (χ4v) is 1.12. The van der Waals surface area contributed by atoms with Crippen molar-refractivity contribution in [1.29, 1.82) is 0 Å². The molecule has 0 aromatic rings. The Morgan fingerprint density at radius 2 is 2.20 bits per heavy atom. The Labute approximate surface area is 66.8 Å². The minimum Gasteiger partial charge on any atom is -0.395 e. The van der Waals surface area contributed by atoms with Crippen molar-refractivity contribution in [2.45, 2.75) is 25.0 Å². The molecule has 0 amide bonds. The highest BCUT2D eigenvalue weighted by Gasteiger charge is 2.20. The van der Waals surface area contributed by atoms with Gasteiger partial charge in [0.15, 0.2) is 0 Å². The highest BCUT2D eigenvalue weighted by Crippen LogP contribution is 2.06. The number of aliphatic hydroxyl groups excluding tert-OH is 2. The number of aliphatic hydroxyl groups is 2. The zero-order chi connectivity index (χ0) is 6.69. The lowest BCUT2D eigenvalue weighted by molar-refractivity contribution is 0.0649. The van der Waals surface area contributed by atoms with E-state index in [9.17, 15) is 0 Å². The van der Waals surface area contributed by atoms with Crippen LogP contribution < -0.4 is 5.32 Å². The topological polar surface area (TPSA) is 52.5 Å². The molecule has 0 bridgehead atoms. The van der Waals surface area contributed by atoms with Crippen LogP contribution >= 0.6 is 12.4 Å². The Morgan fingerprint density at radius 1 is 1.50 bits per heavy atom. The summed E-state index contributed by atoms with van der Waals surface area (Å²) in [6, 6.07) is -0.0845. The second-order valence-electron chi connectivity index (χ2n) is 2.45. The highest BCUT2D eigenvalue weighted by atomic mass is 35.5. The van der Waals surface area contributed by atoms with Gasteiger partial charge in [0.2, 0.25) is 0 Å². The normalized spacial score (nSPS) is 33.0. The standard InChI is InChI=1S/C6H13NO2.ClH/c8-4-5-6(9)2-1-3-7-5;/h5-9H,1-4H2;1H/t5-,6-;/m1./s1. The average molecular weight is 168 g/mol. The van der Waals surface area contributed by atoms with Crippen LogP contribution in [0.15, 0.2) is 0 Å². The van der Waals surface area contributed by atoms with Gasteiger partial charge in [0, 0.05) is 0 Å². The van der Waals surface area contributed by atoms with Crippen molar-refractivity contribution in [3.8, 4) is 0 Å². The van der Waals surface area contributed by atoms with Crippen molar-refractivity contribution >= 4 is 12.4 Å². The molecule has 1 rings (SSSR count). The summed E-state index contributed by atoms with van der Waals surface area (Å²) in [5.41, 5.74) is 0. The van der Waals surface area contributed by atoms with Crippen molar-refractivity contribution in [2.75, 3.05) is 13.2 Å². The number of rotatable bonds is 1. The van der Waals surface area contributed by atoms with Crippen LogP contribution in [-0.2, 0) is 0 Å². The Bertz CT molecular complexity index is 91.8. The lowest BCUT2D eigenvalue weighted by atomic mass is 10.0. The summed E-state index contributed by atoms with van der Waals surface area (Å²) in [4.78, 5) is 0. The van der Waals surface area contributed by atoms with Crippen molar-refractivity contribution in [3.63, 3.8) is 0 Å². The first kappa shape index (κ1) is 10.2. The van der Waals surface area contributed by atoms with Gasteiger partial charge in [-0.2, -0.15) is 0 Å². The van der Waals surface area contributed by atoms with Crippen LogP contribution in [0.4, 0.5) is 0 Å². The summed E-state index contributed by atoms with van der Waals surface area (Å²) >= 11 is 0. The molecular weight excluding hydrogens is 154 g/mol. The van der Waals surface area contributed by atoms with Gasteiger partial charge in [0.05, 0.1) is 18.8 Å². The van der Waals surface area contributed by atoms with Crippen LogP contribution in [0.25, 0.3) is 0 Å². The van der Waals surface area contributed by atoms with Crippen LogP contribution in [0.2, 0.25) is 0 Å². The second kappa shape index (κ2) is 4.91. The smallest absolute Gasteiger partial charge is 0.0716 e. The largest absolute Gasteiger partial charge is 0.395 e. The first-order valence-corrected chi connectivity index (χ1v) is 3.37. The second-order valence-corrected chi connectivity index (χ2v) is 2.45. The SMILES string of the molecule is Cl.OC[C@H]1NCCC[C@H]1O. The molecule has 2 atom stereocenters. The monoisotopic (exact) mass is 167 g/mol. The van der Waals surface area contributed by atoms with Gasteiger partial charge in [-0.25, -0.2) is 0 Å². The van der Waals surface area contributed by atoms with Gasteiger partial charge in [-0.3, -0.25) is 0 Å². The Balaban J connectivity index is 0.000000810. The first-order chi connectivity index (χ1) is 4.34. The van der Waals surface area contributed by atoms with Crippen LogP contribution in [0.5, 0.6) is 0 Å². The van der Waals surface area contributed by atoms with Crippen molar-refractivity contribution in [2.24, 2.45) is 0 Å². The van der Waals surface area contributed by atoms with E-state index < -0.39 is 0 Å². The molecule has 0 spiro atoms. The van der Waals surface area contributed by atoms with Gasteiger partial charge in [-0.1, -0.05) is 0 Å². The Kier molecular flexibility index (Phi) is 4.99. The molecule has 0 radical (unpaired) electrons. The van der Waals surface area contributed by atoms with E-state index in [0.717, 1.165) is 19.4 Å². The third kappa shape index (κ3) is 2.42. The molecule has 0 unspecified atom stereocenters. The fraction of sp³-hybridized carbons (Fsp3) is 1.00. The Hall–Kier alpha value is 0.170. The van der Waals surface area contributed by atoms with E-state index in [1.165, 1.54) is 0 Å². The van der Waals surface area contributed by atoms with Crippen LogP contribution in [0, 0.1) is 0 Å². The molecule has 0 aliphatic carbocycles. The molecule has 1 saturated heterocycles. The molecule has 10 heavy (non-hydrogen) atoms. The van der Waals surface area contributed by atoms with Crippen molar-refractivity contribution in [1.82, 2.24) is 5.32 Å².